The third-order valence-corrected chi connectivity index (χ3v) is 2.29. The van der Waals surface area contributed by atoms with E-state index < -0.39 is 23.7 Å². The first-order chi connectivity index (χ1) is 7.06. The van der Waals surface area contributed by atoms with Gasteiger partial charge in [-0.3, -0.25) is 10.1 Å². The molecule has 0 aliphatic heterocycles. The van der Waals surface area contributed by atoms with Crippen LogP contribution in [0.5, 0.6) is 0 Å². The number of hydrogen-bond donors (Lipinski definition) is 2. The smallest absolute Gasteiger partial charge is 0.265 e. The van der Waals surface area contributed by atoms with Gasteiger partial charge in [-0.15, -0.1) is 0 Å². The van der Waals surface area contributed by atoms with Crippen molar-refractivity contribution in [2.75, 3.05) is 6.61 Å². The van der Waals surface area contributed by atoms with Crippen LogP contribution in [0.3, 0.4) is 0 Å². The second-order valence-corrected chi connectivity index (χ2v) is 3.47. The Labute approximate surface area is 91.1 Å². The minimum atomic E-state index is -1.41. The molecule has 5 nitrogen and oxygen atoms in total. The Bertz CT molecular complexity index is 340. The molecule has 0 aliphatic rings. The quantitative estimate of drug-likeness (QED) is 0.598. The number of benzene rings is 1. The molecule has 1 aromatic rings. The Kier molecular flexibility index (Phi) is 4.02. The van der Waals surface area contributed by atoms with Crippen molar-refractivity contribution in [3.8, 4) is 0 Å². The van der Waals surface area contributed by atoms with Gasteiger partial charge in [0.25, 0.3) is 6.04 Å². The van der Waals surface area contributed by atoms with Crippen molar-refractivity contribution in [1.82, 2.24) is 0 Å². The molecule has 2 atom stereocenters. The predicted molar refractivity (Wildman–Crippen MR) is 54.3 cm³/mol. The minimum Gasteiger partial charge on any atom is -0.389 e. The van der Waals surface area contributed by atoms with Gasteiger partial charge < -0.3 is 10.2 Å². The van der Waals surface area contributed by atoms with Crippen molar-refractivity contribution in [2.45, 2.75) is 12.1 Å². The summed E-state index contributed by atoms with van der Waals surface area (Å²) in [7, 11) is 0. The van der Waals surface area contributed by atoms with Crippen LogP contribution in [-0.4, -0.2) is 27.8 Å². The van der Waals surface area contributed by atoms with Crippen molar-refractivity contribution in [2.24, 2.45) is 0 Å². The summed E-state index contributed by atoms with van der Waals surface area (Å²) in [4.78, 5) is 9.76. The van der Waals surface area contributed by atoms with Crippen molar-refractivity contribution in [3.05, 3.63) is 45.0 Å². The van der Waals surface area contributed by atoms with E-state index in [4.69, 9.17) is 16.7 Å². The zero-order valence-electron chi connectivity index (χ0n) is 7.71. The molecule has 6 heteroatoms. The molecule has 0 spiro atoms. The first kappa shape index (κ1) is 11.9. The van der Waals surface area contributed by atoms with Crippen molar-refractivity contribution in [1.29, 1.82) is 0 Å². The maximum absolute atomic E-state index is 10.5. The molecule has 0 radical (unpaired) electrons. The fourth-order valence-electron chi connectivity index (χ4n) is 1.16. The van der Waals surface area contributed by atoms with E-state index in [1.807, 2.05) is 0 Å². The van der Waals surface area contributed by atoms with Crippen LogP contribution in [0.2, 0.25) is 5.02 Å². The van der Waals surface area contributed by atoms with Crippen molar-refractivity contribution < 1.29 is 15.1 Å². The fraction of sp³-hybridized carbons (Fsp3) is 0.333. The van der Waals surface area contributed by atoms with Crippen molar-refractivity contribution in [3.63, 3.8) is 0 Å². The van der Waals surface area contributed by atoms with Gasteiger partial charge >= 0.3 is 0 Å². The monoisotopic (exact) mass is 231 g/mol. The summed E-state index contributed by atoms with van der Waals surface area (Å²) in [5, 5.41) is 29.3. The number of hydrogen-bond acceptors (Lipinski definition) is 4. The van der Waals surface area contributed by atoms with Crippen LogP contribution in [0.15, 0.2) is 24.3 Å². The molecular weight excluding hydrogens is 222 g/mol. The molecule has 0 amide bonds. The number of nitro groups is 1. The van der Waals surface area contributed by atoms with Gasteiger partial charge in [-0.25, -0.2) is 0 Å². The summed E-state index contributed by atoms with van der Waals surface area (Å²) < 4.78 is 0. The summed E-state index contributed by atoms with van der Waals surface area (Å²) in [6.45, 7) is -0.712. The van der Waals surface area contributed by atoms with E-state index in [9.17, 15) is 15.2 Å². The van der Waals surface area contributed by atoms with Crippen LogP contribution in [-0.2, 0) is 0 Å². The summed E-state index contributed by atoms with van der Waals surface area (Å²) in [5.41, 5.74) is 0.357. The third kappa shape index (κ3) is 2.89. The predicted octanol–water partition coefficient (Wildman–Crippen LogP) is 1.01. The SMILES string of the molecule is O=[N+]([O-])C(CO)C(O)c1ccc(Cl)cc1. The zero-order chi connectivity index (χ0) is 11.4. The number of aliphatic hydroxyl groups excluding tert-OH is 2. The Morgan fingerprint density at radius 2 is 1.93 bits per heavy atom. The molecule has 0 saturated carbocycles. The fourth-order valence-corrected chi connectivity index (χ4v) is 1.29. The number of rotatable bonds is 4. The van der Waals surface area contributed by atoms with E-state index in [0.717, 1.165) is 0 Å². The van der Waals surface area contributed by atoms with Crippen LogP contribution in [0.25, 0.3) is 0 Å². The molecule has 0 fully saturated rings. The molecular formula is C9H10ClNO4. The Balaban J connectivity index is 2.87. The molecule has 0 aromatic heterocycles. The molecule has 1 rings (SSSR count). The Morgan fingerprint density at radius 3 is 2.33 bits per heavy atom. The van der Waals surface area contributed by atoms with Gasteiger partial charge in [0.1, 0.15) is 12.7 Å². The molecule has 0 saturated heterocycles. The lowest BCUT2D eigenvalue weighted by Gasteiger charge is -2.14. The van der Waals surface area contributed by atoms with Crippen LogP contribution in [0.1, 0.15) is 11.7 Å². The maximum atomic E-state index is 10.5. The van der Waals surface area contributed by atoms with Gasteiger partial charge in [0.2, 0.25) is 0 Å². The van der Waals surface area contributed by atoms with E-state index in [2.05, 4.69) is 0 Å². The summed E-state index contributed by atoms with van der Waals surface area (Å²) in [5.74, 6) is 0. The molecule has 2 unspecified atom stereocenters. The largest absolute Gasteiger partial charge is 0.389 e. The van der Waals surface area contributed by atoms with E-state index in [0.29, 0.717) is 10.6 Å². The van der Waals surface area contributed by atoms with Gasteiger partial charge in [0.05, 0.1) is 0 Å². The van der Waals surface area contributed by atoms with Crippen LogP contribution in [0, 0.1) is 10.1 Å². The minimum absolute atomic E-state index is 0.357. The normalized spacial score (nSPS) is 14.6. The van der Waals surface area contributed by atoms with Gasteiger partial charge in [-0.05, 0) is 17.7 Å². The zero-order valence-corrected chi connectivity index (χ0v) is 8.46. The lowest BCUT2D eigenvalue weighted by atomic mass is 10.0. The summed E-state index contributed by atoms with van der Waals surface area (Å²) >= 11 is 5.63. The average molecular weight is 232 g/mol. The Morgan fingerprint density at radius 1 is 1.40 bits per heavy atom. The topological polar surface area (TPSA) is 83.6 Å². The standard InChI is InChI=1S/C9H10ClNO4/c10-7-3-1-6(2-4-7)9(13)8(5-12)11(14)15/h1-4,8-9,12-13H,5H2. The van der Waals surface area contributed by atoms with Gasteiger partial charge in [-0.2, -0.15) is 0 Å². The molecule has 82 valence electrons. The number of nitrogens with zero attached hydrogens (tertiary/aromatic N) is 1. The second kappa shape index (κ2) is 5.06. The summed E-state index contributed by atoms with van der Waals surface area (Å²) in [6, 6.07) is 4.60. The molecule has 2 N–H and O–H groups in total. The Hall–Kier alpha value is -1.17. The van der Waals surface area contributed by atoms with Gasteiger partial charge in [-0.1, -0.05) is 23.7 Å². The van der Waals surface area contributed by atoms with E-state index >= 15 is 0 Å². The third-order valence-electron chi connectivity index (χ3n) is 2.03. The van der Waals surface area contributed by atoms with Crippen LogP contribution in [0.4, 0.5) is 0 Å². The molecule has 0 bridgehead atoms. The molecule has 1 aromatic carbocycles. The average Bonchev–Trinajstić information content (AvgIpc) is 2.19. The molecule has 0 aliphatic carbocycles. The molecule has 0 heterocycles. The van der Waals surface area contributed by atoms with Crippen LogP contribution >= 0.6 is 11.6 Å². The first-order valence-corrected chi connectivity index (χ1v) is 4.62. The van der Waals surface area contributed by atoms with E-state index in [1.165, 1.54) is 24.3 Å². The summed E-state index contributed by atoms with van der Waals surface area (Å²) in [6.07, 6.45) is -1.33. The number of halogens is 1. The highest BCUT2D eigenvalue weighted by Crippen LogP contribution is 2.20. The van der Waals surface area contributed by atoms with E-state index in [1.54, 1.807) is 0 Å². The first-order valence-electron chi connectivity index (χ1n) is 4.24. The second-order valence-electron chi connectivity index (χ2n) is 3.03. The maximum Gasteiger partial charge on any atom is 0.265 e. The lowest BCUT2D eigenvalue weighted by molar-refractivity contribution is -0.539. The highest BCUT2D eigenvalue weighted by atomic mass is 35.5. The number of aliphatic hydroxyl groups is 2. The van der Waals surface area contributed by atoms with Gasteiger partial charge in [0, 0.05) is 9.95 Å². The highest BCUT2D eigenvalue weighted by molar-refractivity contribution is 6.30. The van der Waals surface area contributed by atoms with Crippen LogP contribution < -0.4 is 0 Å². The molecule has 15 heavy (non-hydrogen) atoms. The highest BCUT2D eigenvalue weighted by Gasteiger charge is 2.30. The van der Waals surface area contributed by atoms with Crippen molar-refractivity contribution >= 4 is 11.6 Å². The lowest BCUT2D eigenvalue weighted by Crippen LogP contribution is -2.31. The van der Waals surface area contributed by atoms with E-state index in [-0.39, 0.29) is 0 Å². The van der Waals surface area contributed by atoms with Gasteiger partial charge in [0.15, 0.2) is 0 Å².